The molecular formula is C21H27FN2O. The van der Waals surface area contributed by atoms with E-state index < -0.39 is 0 Å². The van der Waals surface area contributed by atoms with Crippen molar-refractivity contribution in [3.05, 3.63) is 65.5 Å². The van der Waals surface area contributed by atoms with Gasteiger partial charge in [0.1, 0.15) is 5.82 Å². The highest BCUT2D eigenvalue weighted by Crippen LogP contribution is 2.23. The molecule has 0 heterocycles. The van der Waals surface area contributed by atoms with Crippen LogP contribution in [-0.4, -0.2) is 18.5 Å². The molecule has 25 heavy (non-hydrogen) atoms. The van der Waals surface area contributed by atoms with Crippen molar-refractivity contribution in [1.29, 1.82) is 0 Å². The molecule has 3 nitrogen and oxygen atoms in total. The van der Waals surface area contributed by atoms with Gasteiger partial charge in [0.15, 0.2) is 0 Å². The van der Waals surface area contributed by atoms with Crippen molar-refractivity contribution >= 4 is 11.6 Å². The highest BCUT2D eigenvalue weighted by atomic mass is 19.1. The van der Waals surface area contributed by atoms with Gasteiger partial charge in [-0.15, -0.1) is 0 Å². The molecule has 0 aromatic heterocycles. The summed E-state index contributed by atoms with van der Waals surface area (Å²) in [5, 5.41) is 6.36. The Bertz CT molecular complexity index is 683. The Morgan fingerprint density at radius 3 is 2.40 bits per heavy atom. The minimum absolute atomic E-state index is 0.00915. The maximum atomic E-state index is 12.9. The largest absolute Gasteiger partial charge is 0.326 e. The summed E-state index contributed by atoms with van der Waals surface area (Å²) < 4.78 is 12.9. The van der Waals surface area contributed by atoms with Crippen LogP contribution in [0.25, 0.3) is 0 Å². The number of rotatable bonds is 8. The molecule has 0 spiro atoms. The van der Waals surface area contributed by atoms with Crippen LogP contribution in [0.5, 0.6) is 0 Å². The third kappa shape index (κ3) is 6.31. The average Bonchev–Trinajstić information content (AvgIpc) is 2.57. The molecule has 2 aromatic rings. The van der Waals surface area contributed by atoms with E-state index in [4.69, 9.17) is 0 Å². The first-order chi connectivity index (χ1) is 12.0. The lowest BCUT2D eigenvalue weighted by Gasteiger charge is -2.16. The predicted molar refractivity (Wildman–Crippen MR) is 101 cm³/mol. The molecule has 0 aliphatic carbocycles. The van der Waals surface area contributed by atoms with Crippen LogP contribution in [0.15, 0.2) is 48.5 Å². The van der Waals surface area contributed by atoms with Crippen LogP contribution in [0.2, 0.25) is 0 Å². The zero-order valence-electron chi connectivity index (χ0n) is 15.2. The van der Waals surface area contributed by atoms with Crippen LogP contribution in [0.1, 0.15) is 44.2 Å². The number of halogens is 1. The Morgan fingerprint density at radius 2 is 1.72 bits per heavy atom. The summed E-state index contributed by atoms with van der Waals surface area (Å²) in [4.78, 5) is 12.3. The van der Waals surface area contributed by atoms with Crippen molar-refractivity contribution in [3.63, 3.8) is 0 Å². The summed E-state index contributed by atoms with van der Waals surface area (Å²) in [5.41, 5.74) is 3.12. The predicted octanol–water partition coefficient (Wildman–Crippen LogP) is 4.50. The summed E-state index contributed by atoms with van der Waals surface area (Å²) in [6.45, 7) is 6.98. The van der Waals surface area contributed by atoms with Gasteiger partial charge in [0, 0.05) is 18.2 Å². The van der Waals surface area contributed by atoms with Crippen LogP contribution < -0.4 is 10.6 Å². The van der Waals surface area contributed by atoms with Gasteiger partial charge in [-0.1, -0.05) is 44.2 Å². The van der Waals surface area contributed by atoms with E-state index in [9.17, 15) is 9.18 Å². The molecule has 2 rings (SSSR count). The first-order valence-corrected chi connectivity index (χ1v) is 8.82. The van der Waals surface area contributed by atoms with E-state index in [1.807, 2.05) is 31.2 Å². The van der Waals surface area contributed by atoms with Gasteiger partial charge in [0.25, 0.3) is 0 Å². The van der Waals surface area contributed by atoms with E-state index in [1.54, 1.807) is 12.1 Å². The van der Waals surface area contributed by atoms with Crippen LogP contribution in [0, 0.1) is 5.82 Å². The number of para-hydroxylation sites is 1. The number of carbonyl (C=O) groups excluding carboxylic acids is 1. The molecule has 0 fully saturated rings. The van der Waals surface area contributed by atoms with Crippen molar-refractivity contribution in [2.45, 2.75) is 45.6 Å². The smallest absolute Gasteiger partial charge is 0.225 e. The average molecular weight is 342 g/mol. The highest BCUT2D eigenvalue weighted by Gasteiger charge is 2.12. The number of carbonyl (C=O) groups is 1. The number of anilines is 1. The summed E-state index contributed by atoms with van der Waals surface area (Å²) in [7, 11) is 0. The van der Waals surface area contributed by atoms with Gasteiger partial charge in [-0.05, 0) is 55.1 Å². The number of nitrogens with one attached hydrogen (secondary N) is 2. The zero-order valence-corrected chi connectivity index (χ0v) is 15.2. The van der Waals surface area contributed by atoms with Crippen molar-refractivity contribution < 1.29 is 9.18 Å². The van der Waals surface area contributed by atoms with Gasteiger partial charge < -0.3 is 10.6 Å². The van der Waals surface area contributed by atoms with Crippen LogP contribution >= 0.6 is 0 Å². The third-order valence-corrected chi connectivity index (χ3v) is 4.17. The van der Waals surface area contributed by atoms with Crippen molar-refractivity contribution in [1.82, 2.24) is 5.32 Å². The van der Waals surface area contributed by atoms with Crippen molar-refractivity contribution in [2.24, 2.45) is 0 Å². The maximum Gasteiger partial charge on any atom is 0.225 e. The Hall–Kier alpha value is -2.20. The lowest BCUT2D eigenvalue weighted by molar-refractivity contribution is -0.116. The van der Waals surface area contributed by atoms with E-state index in [1.165, 1.54) is 12.1 Å². The first kappa shape index (κ1) is 19.1. The van der Waals surface area contributed by atoms with Crippen molar-refractivity contribution in [3.8, 4) is 0 Å². The van der Waals surface area contributed by atoms with Gasteiger partial charge in [-0.2, -0.15) is 0 Å². The second-order valence-electron chi connectivity index (χ2n) is 6.73. The van der Waals surface area contributed by atoms with Gasteiger partial charge in [-0.3, -0.25) is 4.79 Å². The number of benzene rings is 2. The lowest BCUT2D eigenvalue weighted by Crippen LogP contribution is -2.32. The highest BCUT2D eigenvalue weighted by molar-refractivity contribution is 5.91. The summed E-state index contributed by atoms with van der Waals surface area (Å²) in [6.07, 6.45) is 1.22. The van der Waals surface area contributed by atoms with Crippen molar-refractivity contribution in [2.75, 3.05) is 11.9 Å². The Labute approximate surface area is 149 Å². The second-order valence-corrected chi connectivity index (χ2v) is 6.73. The first-order valence-electron chi connectivity index (χ1n) is 8.82. The minimum Gasteiger partial charge on any atom is -0.326 e. The molecule has 0 radical (unpaired) electrons. The Morgan fingerprint density at radius 1 is 1.04 bits per heavy atom. The molecule has 0 aliphatic heterocycles. The number of hydrogen-bond acceptors (Lipinski definition) is 2. The third-order valence-electron chi connectivity index (χ3n) is 4.17. The zero-order chi connectivity index (χ0) is 18.2. The molecule has 4 heteroatoms. The Balaban J connectivity index is 1.77. The molecule has 0 bridgehead atoms. The SMILES string of the molecule is CC(C)c1ccccc1NC(=O)C[C@@H](C)NCCc1ccc(F)cc1. The molecule has 0 aliphatic rings. The fourth-order valence-corrected chi connectivity index (χ4v) is 2.78. The van der Waals surface area contributed by atoms with Crippen LogP contribution in [-0.2, 0) is 11.2 Å². The summed E-state index contributed by atoms with van der Waals surface area (Å²) in [5.74, 6) is 0.154. The van der Waals surface area contributed by atoms with Gasteiger partial charge in [-0.25, -0.2) is 4.39 Å². The van der Waals surface area contributed by atoms with Gasteiger partial charge in [0.2, 0.25) is 5.91 Å². The molecule has 2 N–H and O–H groups in total. The fourth-order valence-electron chi connectivity index (χ4n) is 2.78. The minimum atomic E-state index is -0.219. The van der Waals surface area contributed by atoms with Crippen LogP contribution in [0.4, 0.5) is 10.1 Å². The molecule has 1 amide bonds. The monoisotopic (exact) mass is 342 g/mol. The molecule has 1 atom stereocenters. The van der Waals surface area contributed by atoms with E-state index >= 15 is 0 Å². The van der Waals surface area contributed by atoms with E-state index in [0.29, 0.717) is 12.3 Å². The number of amides is 1. The topological polar surface area (TPSA) is 41.1 Å². The van der Waals surface area contributed by atoms with Crippen LogP contribution in [0.3, 0.4) is 0 Å². The number of hydrogen-bond donors (Lipinski definition) is 2. The van der Waals surface area contributed by atoms with Gasteiger partial charge >= 0.3 is 0 Å². The molecule has 0 saturated heterocycles. The molecule has 134 valence electrons. The summed E-state index contributed by atoms with van der Waals surface area (Å²) in [6, 6.07) is 14.5. The Kier molecular flexibility index (Phi) is 7.14. The molecule has 0 saturated carbocycles. The standard InChI is InChI=1S/C21H27FN2O/c1-15(2)19-6-4-5-7-20(19)24-21(25)14-16(3)23-13-12-17-8-10-18(22)11-9-17/h4-11,15-16,23H,12-14H2,1-3H3,(H,24,25)/t16-/m1/s1. The van der Waals surface area contributed by atoms with Gasteiger partial charge in [0.05, 0.1) is 0 Å². The normalized spacial score (nSPS) is 12.2. The van der Waals surface area contributed by atoms with E-state index in [2.05, 4.69) is 24.5 Å². The van der Waals surface area contributed by atoms with E-state index in [-0.39, 0.29) is 17.8 Å². The molecular weight excluding hydrogens is 315 g/mol. The molecule has 2 aromatic carbocycles. The van der Waals surface area contributed by atoms with E-state index in [0.717, 1.165) is 29.8 Å². The lowest BCUT2D eigenvalue weighted by atomic mass is 10.0. The maximum absolute atomic E-state index is 12.9. The fraction of sp³-hybridized carbons (Fsp3) is 0.381. The second kappa shape index (κ2) is 9.33. The summed E-state index contributed by atoms with van der Waals surface area (Å²) >= 11 is 0. The molecule has 0 unspecified atom stereocenters. The quantitative estimate of drug-likeness (QED) is 0.742.